The predicted octanol–water partition coefficient (Wildman–Crippen LogP) is 3.44. The van der Waals surface area contributed by atoms with Crippen LogP contribution in [0.3, 0.4) is 0 Å². The average molecular weight is 307 g/mol. The summed E-state index contributed by atoms with van der Waals surface area (Å²) in [6.45, 7) is 6.81. The van der Waals surface area contributed by atoms with E-state index in [9.17, 15) is 4.79 Å². The zero-order valence-corrected chi connectivity index (χ0v) is 13.8. The predicted molar refractivity (Wildman–Crippen MR) is 87.6 cm³/mol. The highest BCUT2D eigenvalue weighted by Crippen LogP contribution is 2.20. The Morgan fingerprint density at radius 1 is 1.29 bits per heavy atom. The Hall–Kier alpha value is -1.00. The highest BCUT2D eigenvalue weighted by Gasteiger charge is 2.23. The third kappa shape index (κ3) is 5.71. The highest BCUT2D eigenvalue weighted by atomic mass is 32.2. The van der Waals surface area contributed by atoms with Crippen LogP contribution >= 0.6 is 11.8 Å². The molecular formula is C17H25NO2S. The fraction of sp³-hybridized carbons (Fsp3) is 0.588. The SMILES string of the molecule is CC(C)COC1CCN(C(=O)CSc2ccccc2)CC1. The summed E-state index contributed by atoms with van der Waals surface area (Å²) in [5.74, 6) is 1.35. The molecule has 116 valence electrons. The van der Waals surface area contributed by atoms with Gasteiger partial charge < -0.3 is 9.64 Å². The summed E-state index contributed by atoms with van der Waals surface area (Å²) in [4.78, 5) is 15.3. The van der Waals surface area contributed by atoms with E-state index in [-0.39, 0.29) is 5.91 Å². The lowest BCUT2D eigenvalue weighted by Gasteiger charge is -2.32. The second kappa shape index (κ2) is 8.44. The van der Waals surface area contributed by atoms with Gasteiger partial charge in [-0.3, -0.25) is 4.79 Å². The minimum atomic E-state index is 0.242. The van der Waals surface area contributed by atoms with Gasteiger partial charge in [0.1, 0.15) is 0 Å². The van der Waals surface area contributed by atoms with Gasteiger partial charge in [0.15, 0.2) is 0 Å². The Labute approximate surface area is 132 Å². The Kier molecular flexibility index (Phi) is 6.58. The van der Waals surface area contributed by atoms with Crippen molar-refractivity contribution in [3.8, 4) is 0 Å². The molecule has 1 aromatic rings. The van der Waals surface area contributed by atoms with Gasteiger partial charge in [-0.25, -0.2) is 0 Å². The number of rotatable bonds is 6. The lowest BCUT2D eigenvalue weighted by Crippen LogP contribution is -2.42. The largest absolute Gasteiger partial charge is 0.378 e. The van der Waals surface area contributed by atoms with Crippen molar-refractivity contribution >= 4 is 17.7 Å². The van der Waals surface area contributed by atoms with Crippen LogP contribution in [0.15, 0.2) is 35.2 Å². The second-order valence-corrected chi connectivity index (χ2v) is 6.96. The highest BCUT2D eigenvalue weighted by molar-refractivity contribution is 8.00. The van der Waals surface area contributed by atoms with Crippen LogP contribution in [0.4, 0.5) is 0 Å². The molecule has 1 fully saturated rings. The van der Waals surface area contributed by atoms with Crippen molar-refractivity contribution in [2.24, 2.45) is 5.92 Å². The Morgan fingerprint density at radius 3 is 2.57 bits per heavy atom. The quantitative estimate of drug-likeness (QED) is 0.754. The van der Waals surface area contributed by atoms with Crippen molar-refractivity contribution in [2.75, 3.05) is 25.4 Å². The van der Waals surface area contributed by atoms with E-state index < -0.39 is 0 Å². The molecule has 0 atom stereocenters. The summed E-state index contributed by atoms with van der Waals surface area (Å²) in [6, 6.07) is 10.1. The number of benzene rings is 1. The summed E-state index contributed by atoms with van der Waals surface area (Å²) in [5, 5.41) is 0. The molecule has 0 bridgehead atoms. The van der Waals surface area contributed by atoms with Crippen molar-refractivity contribution in [3.05, 3.63) is 30.3 Å². The second-order valence-electron chi connectivity index (χ2n) is 5.91. The van der Waals surface area contributed by atoms with Crippen molar-refractivity contribution < 1.29 is 9.53 Å². The maximum atomic E-state index is 12.2. The number of nitrogens with zero attached hydrogens (tertiary/aromatic N) is 1. The van der Waals surface area contributed by atoms with E-state index in [0.29, 0.717) is 17.8 Å². The molecule has 1 aromatic carbocycles. The Bertz CT molecular complexity index is 428. The number of ether oxygens (including phenoxy) is 1. The van der Waals surface area contributed by atoms with E-state index in [1.54, 1.807) is 11.8 Å². The van der Waals surface area contributed by atoms with Gasteiger partial charge in [-0.2, -0.15) is 0 Å². The molecule has 0 aliphatic carbocycles. The van der Waals surface area contributed by atoms with Crippen LogP contribution in [0, 0.1) is 5.92 Å². The molecule has 21 heavy (non-hydrogen) atoms. The first-order chi connectivity index (χ1) is 10.1. The standard InChI is InChI=1S/C17H25NO2S/c1-14(2)12-20-15-8-10-18(11-9-15)17(19)13-21-16-6-4-3-5-7-16/h3-7,14-15H,8-13H2,1-2H3. The van der Waals surface area contributed by atoms with Gasteiger partial charge in [0.2, 0.25) is 5.91 Å². The molecule has 1 saturated heterocycles. The smallest absolute Gasteiger partial charge is 0.232 e. The third-order valence-corrected chi connectivity index (χ3v) is 4.56. The molecular weight excluding hydrogens is 282 g/mol. The maximum Gasteiger partial charge on any atom is 0.232 e. The van der Waals surface area contributed by atoms with E-state index in [1.165, 1.54) is 0 Å². The fourth-order valence-electron chi connectivity index (χ4n) is 2.35. The minimum Gasteiger partial charge on any atom is -0.378 e. The Balaban J connectivity index is 1.68. The third-order valence-electron chi connectivity index (χ3n) is 3.57. The lowest BCUT2D eigenvalue weighted by molar-refractivity contribution is -0.131. The summed E-state index contributed by atoms with van der Waals surface area (Å²) < 4.78 is 5.86. The van der Waals surface area contributed by atoms with Gasteiger partial charge >= 0.3 is 0 Å². The molecule has 1 heterocycles. The fourth-order valence-corrected chi connectivity index (χ4v) is 3.18. The van der Waals surface area contributed by atoms with Crippen LogP contribution in [0.1, 0.15) is 26.7 Å². The molecule has 2 rings (SSSR count). The Morgan fingerprint density at radius 2 is 1.95 bits per heavy atom. The van der Waals surface area contributed by atoms with Gasteiger partial charge in [-0.15, -0.1) is 11.8 Å². The van der Waals surface area contributed by atoms with E-state index in [1.807, 2.05) is 35.2 Å². The lowest BCUT2D eigenvalue weighted by atomic mass is 10.1. The van der Waals surface area contributed by atoms with Crippen LogP contribution in [-0.2, 0) is 9.53 Å². The molecule has 1 amide bonds. The normalized spacial score (nSPS) is 16.4. The van der Waals surface area contributed by atoms with Crippen molar-refractivity contribution in [1.82, 2.24) is 4.90 Å². The summed E-state index contributed by atoms with van der Waals surface area (Å²) in [5.41, 5.74) is 0. The molecule has 1 aliphatic heterocycles. The topological polar surface area (TPSA) is 29.5 Å². The molecule has 4 heteroatoms. The zero-order chi connectivity index (χ0) is 15.1. The number of piperidine rings is 1. The number of hydrogen-bond donors (Lipinski definition) is 0. The number of likely N-dealkylation sites (tertiary alicyclic amines) is 1. The molecule has 0 unspecified atom stereocenters. The minimum absolute atomic E-state index is 0.242. The average Bonchev–Trinajstić information content (AvgIpc) is 2.52. The molecule has 0 saturated carbocycles. The monoisotopic (exact) mass is 307 g/mol. The number of carbonyl (C=O) groups excluding carboxylic acids is 1. The zero-order valence-electron chi connectivity index (χ0n) is 13.0. The van der Waals surface area contributed by atoms with E-state index >= 15 is 0 Å². The van der Waals surface area contributed by atoms with Gasteiger partial charge in [-0.05, 0) is 30.9 Å². The van der Waals surface area contributed by atoms with Crippen LogP contribution < -0.4 is 0 Å². The number of amides is 1. The van der Waals surface area contributed by atoms with E-state index in [0.717, 1.165) is 37.4 Å². The van der Waals surface area contributed by atoms with E-state index in [4.69, 9.17) is 4.74 Å². The van der Waals surface area contributed by atoms with Crippen LogP contribution in [0.5, 0.6) is 0 Å². The first-order valence-electron chi connectivity index (χ1n) is 7.72. The van der Waals surface area contributed by atoms with Crippen molar-refractivity contribution in [1.29, 1.82) is 0 Å². The first kappa shape index (κ1) is 16.4. The number of thioether (sulfide) groups is 1. The van der Waals surface area contributed by atoms with Gasteiger partial charge in [0, 0.05) is 24.6 Å². The molecule has 0 radical (unpaired) electrons. The summed E-state index contributed by atoms with van der Waals surface area (Å²) >= 11 is 1.61. The van der Waals surface area contributed by atoms with Crippen molar-refractivity contribution in [2.45, 2.75) is 37.7 Å². The van der Waals surface area contributed by atoms with Gasteiger partial charge in [0.25, 0.3) is 0 Å². The van der Waals surface area contributed by atoms with Gasteiger partial charge in [0.05, 0.1) is 11.9 Å². The molecule has 1 aliphatic rings. The van der Waals surface area contributed by atoms with Crippen molar-refractivity contribution in [3.63, 3.8) is 0 Å². The molecule has 0 aromatic heterocycles. The number of hydrogen-bond acceptors (Lipinski definition) is 3. The van der Waals surface area contributed by atoms with Crippen LogP contribution in [0.25, 0.3) is 0 Å². The van der Waals surface area contributed by atoms with Crippen LogP contribution in [0.2, 0.25) is 0 Å². The molecule has 0 N–H and O–H groups in total. The maximum absolute atomic E-state index is 12.2. The molecule has 3 nitrogen and oxygen atoms in total. The van der Waals surface area contributed by atoms with E-state index in [2.05, 4.69) is 13.8 Å². The first-order valence-corrected chi connectivity index (χ1v) is 8.71. The number of carbonyl (C=O) groups is 1. The summed E-state index contributed by atoms with van der Waals surface area (Å²) in [7, 11) is 0. The van der Waals surface area contributed by atoms with Crippen LogP contribution in [-0.4, -0.2) is 42.4 Å². The summed E-state index contributed by atoms with van der Waals surface area (Å²) in [6.07, 6.45) is 2.27. The molecule has 0 spiro atoms. The van der Waals surface area contributed by atoms with Gasteiger partial charge in [-0.1, -0.05) is 32.0 Å².